The van der Waals surface area contributed by atoms with E-state index in [0.717, 1.165) is 31.4 Å². The summed E-state index contributed by atoms with van der Waals surface area (Å²) in [6.45, 7) is 6.78. The molecule has 2 aromatic carbocycles. The number of ether oxygens (including phenoxy) is 1. The molecule has 5 heteroatoms. The fourth-order valence-electron chi connectivity index (χ4n) is 3.86. The second-order valence-corrected chi connectivity index (χ2v) is 8.28. The highest BCUT2D eigenvalue weighted by Gasteiger charge is 2.22. The smallest absolute Gasteiger partial charge is 0.260 e. The molecular formula is C26H34N2O3. The Kier molecular flexibility index (Phi) is 8.51. The first-order valence-electron chi connectivity index (χ1n) is 11.4. The van der Waals surface area contributed by atoms with Gasteiger partial charge in [-0.15, -0.1) is 0 Å². The maximum atomic E-state index is 12.7. The first-order chi connectivity index (χ1) is 15.0. The predicted octanol–water partition coefficient (Wildman–Crippen LogP) is 4.02. The van der Waals surface area contributed by atoms with Crippen LogP contribution < -0.4 is 4.74 Å². The van der Waals surface area contributed by atoms with Gasteiger partial charge in [-0.25, -0.2) is 0 Å². The Labute approximate surface area is 186 Å². The number of rotatable bonds is 8. The molecule has 1 aliphatic heterocycles. The summed E-state index contributed by atoms with van der Waals surface area (Å²) >= 11 is 0. The molecule has 2 aromatic rings. The van der Waals surface area contributed by atoms with Crippen LogP contribution in [0.3, 0.4) is 0 Å². The van der Waals surface area contributed by atoms with Crippen LogP contribution >= 0.6 is 0 Å². The van der Waals surface area contributed by atoms with E-state index < -0.39 is 0 Å². The van der Waals surface area contributed by atoms with Crippen molar-refractivity contribution in [2.75, 3.05) is 32.8 Å². The average molecular weight is 423 g/mol. The molecule has 166 valence electrons. The van der Waals surface area contributed by atoms with E-state index >= 15 is 0 Å². The van der Waals surface area contributed by atoms with Crippen molar-refractivity contribution < 1.29 is 14.3 Å². The van der Waals surface area contributed by atoms with Gasteiger partial charge >= 0.3 is 0 Å². The molecule has 0 saturated carbocycles. The highest BCUT2D eigenvalue weighted by Crippen LogP contribution is 2.14. The minimum absolute atomic E-state index is 0.0217. The lowest BCUT2D eigenvalue weighted by Crippen LogP contribution is -2.39. The third kappa shape index (κ3) is 7.12. The first kappa shape index (κ1) is 22.9. The number of nitrogens with zero attached hydrogens (tertiary/aromatic N) is 2. The van der Waals surface area contributed by atoms with Gasteiger partial charge in [0.05, 0.1) is 0 Å². The van der Waals surface area contributed by atoms with Crippen molar-refractivity contribution in [3.05, 3.63) is 65.2 Å². The van der Waals surface area contributed by atoms with Crippen molar-refractivity contribution in [1.29, 1.82) is 0 Å². The number of hydrogen-bond donors (Lipinski definition) is 0. The molecule has 1 heterocycles. The summed E-state index contributed by atoms with van der Waals surface area (Å²) in [6, 6.07) is 16.3. The van der Waals surface area contributed by atoms with Crippen LogP contribution in [0.1, 0.15) is 42.9 Å². The molecule has 2 amide bonds. The number of amides is 2. The van der Waals surface area contributed by atoms with Crippen LogP contribution in [0.25, 0.3) is 0 Å². The SMILES string of the molecule is CCCc1ccc(OCC(=O)N2CCCN(C(=O)CCc3ccc(C)cc3)CC2)cc1. The molecular weight excluding hydrogens is 388 g/mol. The van der Waals surface area contributed by atoms with Crippen LogP contribution in [-0.2, 0) is 22.4 Å². The Hall–Kier alpha value is -2.82. The molecule has 5 nitrogen and oxygen atoms in total. The zero-order valence-corrected chi connectivity index (χ0v) is 18.8. The van der Waals surface area contributed by atoms with Crippen molar-refractivity contribution in [3.63, 3.8) is 0 Å². The van der Waals surface area contributed by atoms with Gasteiger partial charge < -0.3 is 14.5 Å². The summed E-state index contributed by atoms with van der Waals surface area (Å²) < 4.78 is 5.69. The summed E-state index contributed by atoms with van der Waals surface area (Å²) in [5, 5.41) is 0. The van der Waals surface area contributed by atoms with Gasteiger partial charge in [-0.3, -0.25) is 9.59 Å². The molecule has 1 saturated heterocycles. The lowest BCUT2D eigenvalue weighted by atomic mass is 10.1. The van der Waals surface area contributed by atoms with E-state index in [-0.39, 0.29) is 18.4 Å². The Morgan fingerprint density at radius 1 is 0.806 bits per heavy atom. The van der Waals surface area contributed by atoms with Crippen molar-refractivity contribution >= 4 is 11.8 Å². The summed E-state index contributed by atoms with van der Waals surface area (Å²) in [4.78, 5) is 29.0. The van der Waals surface area contributed by atoms with Gasteiger partial charge in [0.2, 0.25) is 5.91 Å². The zero-order chi connectivity index (χ0) is 22.1. The molecule has 1 fully saturated rings. The Morgan fingerprint density at radius 3 is 2.03 bits per heavy atom. The minimum Gasteiger partial charge on any atom is -0.484 e. The van der Waals surface area contributed by atoms with Gasteiger partial charge in [0, 0.05) is 32.6 Å². The summed E-state index contributed by atoms with van der Waals surface area (Å²) in [5.41, 5.74) is 3.69. The Morgan fingerprint density at radius 2 is 1.39 bits per heavy atom. The van der Waals surface area contributed by atoms with Gasteiger partial charge in [0.25, 0.3) is 5.91 Å². The number of benzene rings is 2. The fourth-order valence-corrected chi connectivity index (χ4v) is 3.86. The molecule has 0 radical (unpaired) electrons. The predicted molar refractivity (Wildman–Crippen MR) is 123 cm³/mol. The van der Waals surface area contributed by atoms with E-state index in [1.807, 2.05) is 21.9 Å². The van der Waals surface area contributed by atoms with Crippen LogP contribution in [0.5, 0.6) is 5.75 Å². The number of carbonyl (C=O) groups excluding carboxylic acids is 2. The monoisotopic (exact) mass is 422 g/mol. The molecule has 0 N–H and O–H groups in total. The molecule has 3 rings (SSSR count). The van der Waals surface area contributed by atoms with Crippen LogP contribution in [-0.4, -0.2) is 54.4 Å². The van der Waals surface area contributed by atoms with E-state index in [2.05, 4.69) is 50.2 Å². The number of hydrogen-bond acceptors (Lipinski definition) is 3. The highest BCUT2D eigenvalue weighted by molar-refractivity contribution is 5.79. The zero-order valence-electron chi connectivity index (χ0n) is 18.8. The van der Waals surface area contributed by atoms with Gasteiger partial charge in [0.1, 0.15) is 5.75 Å². The van der Waals surface area contributed by atoms with E-state index in [0.29, 0.717) is 32.6 Å². The van der Waals surface area contributed by atoms with Gasteiger partial charge in [-0.2, -0.15) is 0 Å². The molecule has 0 atom stereocenters. The van der Waals surface area contributed by atoms with Gasteiger partial charge in [0.15, 0.2) is 6.61 Å². The Balaban J connectivity index is 1.42. The molecule has 0 aliphatic carbocycles. The van der Waals surface area contributed by atoms with Crippen LogP contribution in [0, 0.1) is 6.92 Å². The average Bonchev–Trinajstić information content (AvgIpc) is 3.04. The fraction of sp³-hybridized carbons (Fsp3) is 0.462. The molecule has 0 unspecified atom stereocenters. The first-order valence-corrected chi connectivity index (χ1v) is 11.4. The summed E-state index contributed by atoms with van der Waals surface area (Å²) in [5.74, 6) is 0.862. The quantitative estimate of drug-likeness (QED) is 0.646. The summed E-state index contributed by atoms with van der Waals surface area (Å²) in [6.07, 6.45) is 4.22. The number of aryl methyl sites for hydroxylation is 3. The second-order valence-electron chi connectivity index (χ2n) is 8.28. The van der Waals surface area contributed by atoms with E-state index in [4.69, 9.17) is 4.74 Å². The molecule has 0 spiro atoms. The lowest BCUT2D eigenvalue weighted by molar-refractivity contribution is -0.134. The normalized spacial score (nSPS) is 14.3. The van der Waals surface area contributed by atoms with Gasteiger partial charge in [-0.1, -0.05) is 55.3 Å². The van der Waals surface area contributed by atoms with Crippen molar-refractivity contribution in [1.82, 2.24) is 9.80 Å². The van der Waals surface area contributed by atoms with Crippen molar-refractivity contribution in [2.45, 2.75) is 46.0 Å². The highest BCUT2D eigenvalue weighted by atomic mass is 16.5. The van der Waals surface area contributed by atoms with E-state index in [9.17, 15) is 9.59 Å². The molecule has 0 aromatic heterocycles. The third-order valence-electron chi connectivity index (χ3n) is 5.77. The Bertz CT molecular complexity index is 846. The minimum atomic E-state index is -0.0217. The second kappa shape index (κ2) is 11.5. The van der Waals surface area contributed by atoms with Crippen molar-refractivity contribution in [2.24, 2.45) is 0 Å². The maximum absolute atomic E-state index is 12.7. The largest absolute Gasteiger partial charge is 0.484 e. The lowest BCUT2D eigenvalue weighted by Gasteiger charge is -2.22. The van der Waals surface area contributed by atoms with Crippen LogP contribution in [0.15, 0.2) is 48.5 Å². The van der Waals surface area contributed by atoms with Crippen LogP contribution in [0.2, 0.25) is 0 Å². The topological polar surface area (TPSA) is 49.9 Å². The molecule has 0 bridgehead atoms. The van der Waals surface area contributed by atoms with E-state index in [1.54, 1.807) is 0 Å². The molecule has 31 heavy (non-hydrogen) atoms. The van der Waals surface area contributed by atoms with E-state index in [1.165, 1.54) is 16.7 Å². The van der Waals surface area contributed by atoms with Gasteiger partial charge in [-0.05, 0) is 49.4 Å². The summed E-state index contributed by atoms with van der Waals surface area (Å²) in [7, 11) is 0. The molecule has 1 aliphatic rings. The van der Waals surface area contributed by atoms with Crippen LogP contribution in [0.4, 0.5) is 0 Å². The maximum Gasteiger partial charge on any atom is 0.260 e. The standard InChI is InChI=1S/C26H34N2O3/c1-3-5-22-10-13-24(14-11-22)31-20-26(30)28-17-4-16-27(18-19-28)25(29)15-12-23-8-6-21(2)7-9-23/h6-11,13-14H,3-5,12,15-20H2,1-2H3. The number of carbonyl (C=O) groups is 2. The van der Waals surface area contributed by atoms with Crippen molar-refractivity contribution in [3.8, 4) is 5.75 Å². The third-order valence-corrected chi connectivity index (χ3v) is 5.77.